The molecule has 6 aromatic rings. The number of aromatic nitrogens is 8. The Morgan fingerprint density at radius 1 is 0.733 bits per heavy atom. The van der Waals surface area contributed by atoms with E-state index < -0.39 is 0 Å². The number of rotatable bonds is 3. The normalized spacial score (nSPS) is 11.3. The molecule has 6 rings (SSSR count). The molecular weight excluding hydrogens is 376 g/mol. The Hall–Kier alpha value is -4.46. The van der Waals surface area contributed by atoms with E-state index in [1.54, 1.807) is 24.8 Å². The molecule has 142 valence electrons. The molecule has 0 aliphatic heterocycles. The second-order valence-corrected chi connectivity index (χ2v) is 6.86. The SMILES string of the molecule is c1cc(-c2cncc3[nH]c(-c4n[nH]c5ccc(-c6cncnc6)nc45)cc23)ccn1. The summed E-state index contributed by atoms with van der Waals surface area (Å²) >= 11 is 0. The van der Waals surface area contributed by atoms with Gasteiger partial charge in [0.05, 0.1) is 28.6 Å². The third kappa shape index (κ3) is 2.62. The van der Waals surface area contributed by atoms with Gasteiger partial charge in [-0.1, -0.05) is 0 Å². The van der Waals surface area contributed by atoms with Crippen LogP contribution >= 0.6 is 0 Å². The number of fused-ring (bicyclic) bond motifs is 2. The van der Waals surface area contributed by atoms with Crippen molar-refractivity contribution in [3.05, 3.63) is 73.8 Å². The molecule has 0 spiro atoms. The molecule has 0 aliphatic rings. The van der Waals surface area contributed by atoms with Crippen molar-refractivity contribution < 1.29 is 0 Å². The number of aromatic amines is 2. The van der Waals surface area contributed by atoms with E-state index in [1.807, 2.05) is 36.7 Å². The van der Waals surface area contributed by atoms with E-state index in [2.05, 4.69) is 41.2 Å². The molecule has 0 atom stereocenters. The highest BCUT2D eigenvalue weighted by atomic mass is 15.1. The molecule has 0 unspecified atom stereocenters. The van der Waals surface area contributed by atoms with Crippen LogP contribution in [0.15, 0.2) is 73.8 Å². The number of hydrogen-bond acceptors (Lipinski definition) is 6. The maximum Gasteiger partial charge on any atom is 0.135 e. The van der Waals surface area contributed by atoms with Crippen LogP contribution in [-0.2, 0) is 0 Å². The van der Waals surface area contributed by atoms with Crippen LogP contribution in [0.4, 0.5) is 0 Å². The molecule has 6 heterocycles. The smallest absolute Gasteiger partial charge is 0.135 e. The van der Waals surface area contributed by atoms with Gasteiger partial charge in [0.2, 0.25) is 0 Å². The van der Waals surface area contributed by atoms with Gasteiger partial charge >= 0.3 is 0 Å². The number of H-pyrrole nitrogens is 2. The van der Waals surface area contributed by atoms with Crippen LogP contribution in [0.5, 0.6) is 0 Å². The molecule has 0 radical (unpaired) electrons. The highest BCUT2D eigenvalue weighted by Crippen LogP contribution is 2.33. The van der Waals surface area contributed by atoms with Crippen molar-refractivity contribution in [3.8, 4) is 33.8 Å². The average Bonchev–Trinajstić information content (AvgIpc) is 3.43. The summed E-state index contributed by atoms with van der Waals surface area (Å²) in [5, 5.41) is 8.65. The van der Waals surface area contributed by atoms with E-state index in [1.165, 1.54) is 6.33 Å². The minimum absolute atomic E-state index is 0.751. The third-order valence-electron chi connectivity index (χ3n) is 5.06. The van der Waals surface area contributed by atoms with Crippen molar-refractivity contribution in [2.24, 2.45) is 0 Å². The Morgan fingerprint density at radius 2 is 1.60 bits per heavy atom. The molecule has 0 fully saturated rings. The molecule has 6 aromatic heterocycles. The number of pyridine rings is 3. The van der Waals surface area contributed by atoms with Crippen molar-refractivity contribution >= 4 is 21.9 Å². The van der Waals surface area contributed by atoms with E-state index in [0.29, 0.717) is 0 Å². The first-order valence-electron chi connectivity index (χ1n) is 9.35. The summed E-state index contributed by atoms with van der Waals surface area (Å²) in [6.45, 7) is 0. The Balaban J connectivity index is 1.52. The summed E-state index contributed by atoms with van der Waals surface area (Å²) < 4.78 is 0. The van der Waals surface area contributed by atoms with Crippen LogP contribution < -0.4 is 0 Å². The average molecular weight is 390 g/mol. The lowest BCUT2D eigenvalue weighted by atomic mass is 10.1. The van der Waals surface area contributed by atoms with Crippen LogP contribution in [-0.4, -0.2) is 40.1 Å². The summed E-state index contributed by atoms with van der Waals surface area (Å²) in [5.41, 5.74) is 7.93. The highest BCUT2D eigenvalue weighted by Gasteiger charge is 2.15. The third-order valence-corrected chi connectivity index (χ3v) is 5.06. The zero-order valence-corrected chi connectivity index (χ0v) is 15.6. The fourth-order valence-corrected chi connectivity index (χ4v) is 3.62. The summed E-state index contributed by atoms with van der Waals surface area (Å²) in [4.78, 5) is 24.9. The summed E-state index contributed by atoms with van der Waals surface area (Å²) in [7, 11) is 0. The van der Waals surface area contributed by atoms with Crippen molar-refractivity contribution in [2.45, 2.75) is 0 Å². The minimum atomic E-state index is 0.751. The Labute approximate surface area is 170 Å². The Bertz CT molecular complexity index is 1490. The molecule has 0 amide bonds. The molecule has 0 saturated heterocycles. The zero-order chi connectivity index (χ0) is 19.9. The first-order chi connectivity index (χ1) is 14.9. The predicted molar refractivity (Wildman–Crippen MR) is 113 cm³/mol. The topological polar surface area (TPSA) is 109 Å². The first kappa shape index (κ1) is 16.5. The first-order valence-corrected chi connectivity index (χ1v) is 9.35. The molecule has 0 saturated carbocycles. The van der Waals surface area contributed by atoms with Gasteiger partial charge in [0, 0.05) is 47.5 Å². The van der Waals surface area contributed by atoms with Gasteiger partial charge in [-0.15, -0.1) is 0 Å². The second kappa shape index (κ2) is 6.56. The molecule has 0 aliphatic carbocycles. The number of nitrogens with zero attached hydrogens (tertiary/aromatic N) is 6. The van der Waals surface area contributed by atoms with Crippen LogP contribution in [0.25, 0.3) is 55.7 Å². The van der Waals surface area contributed by atoms with Gasteiger partial charge in [-0.25, -0.2) is 15.0 Å². The predicted octanol–water partition coefficient (Wildman–Crippen LogP) is 4.02. The van der Waals surface area contributed by atoms with Crippen molar-refractivity contribution in [3.63, 3.8) is 0 Å². The van der Waals surface area contributed by atoms with Crippen molar-refractivity contribution in [1.29, 1.82) is 0 Å². The summed E-state index contributed by atoms with van der Waals surface area (Å²) in [6, 6.07) is 9.93. The quantitative estimate of drug-likeness (QED) is 0.472. The molecule has 2 N–H and O–H groups in total. The molecule has 0 bridgehead atoms. The van der Waals surface area contributed by atoms with Crippen LogP contribution in [0.3, 0.4) is 0 Å². The van der Waals surface area contributed by atoms with E-state index in [4.69, 9.17) is 4.98 Å². The van der Waals surface area contributed by atoms with E-state index in [-0.39, 0.29) is 0 Å². The molecular formula is C22H14N8. The minimum Gasteiger partial charge on any atom is -0.352 e. The highest BCUT2D eigenvalue weighted by molar-refractivity contribution is 5.99. The lowest BCUT2D eigenvalue weighted by Crippen LogP contribution is -1.87. The molecule has 30 heavy (non-hydrogen) atoms. The van der Waals surface area contributed by atoms with Gasteiger partial charge in [-0.05, 0) is 35.9 Å². The lowest BCUT2D eigenvalue weighted by Gasteiger charge is -2.01. The van der Waals surface area contributed by atoms with Gasteiger partial charge in [-0.2, -0.15) is 5.10 Å². The van der Waals surface area contributed by atoms with Gasteiger partial charge in [0.25, 0.3) is 0 Å². The van der Waals surface area contributed by atoms with E-state index in [0.717, 1.165) is 55.7 Å². The molecule has 0 aromatic carbocycles. The fourth-order valence-electron chi connectivity index (χ4n) is 3.62. The molecule has 8 nitrogen and oxygen atoms in total. The number of nitrogens with one attached hydrogen (secondary N) is 2. The largest absolute Gasteiger partial charge is 0.352 e. The van der Waals surface area contributed by atoms with Gasteiger partial charge < -0.3 is 4.98 Å². The van der Waals surface area contributed by atoms with E-state index in [9.17, 15) is 0 Å². The second-order valence-electron chi connectivity index (χ2n) is 6.86. The Morgan fingerprint density at radius 3 is 2.47 bits per heavy atom. The van der Waals surface area contributed by atoms with Gasteiger partial charge in [0.15, 0.2) is 0 Å². The standard InChI is InChI=1S/C22H14N8/c1-2-18-21(28-17(1)14-8-25-12-26-9-14)22(30-29-18)19-7-15-16(10-24-11-20(15)27-19)13-3-5-23-6-4-13/h1-12,27H,(H,29,30). The lowest BCUT2D eigenvalue weighted by molar-refractivity contribution is 1.12. The van der Waals surface area contributed by atoms with E-state index >= 15 is 0 Å². The number of hydrogen-bond donors (Lipinski definition) is 2. The van der Waals surface area contributed by atoms with Gasteiger partial charge in [-0.3, -0.25) is 15.1 Å². The zero-order valence-electron chi connectivity index (χ0n) is 15.6. The van der Waals surface area contributed by atoms with Crippen LogP contribution in [0.2, 0.25) is 0 Å². The van der Waals surface area contributed by atoms with Crippen molar-refractivity contribution in [2.75, 3.05) is 0 Å². The Kier molecular flexibility index (Phi) is 3.60. The summed E-state index contributed by atoms with van der Waals surface area (Å²) in [5.74, 6) is 0. The monoisotopic (exact) mass is 390 g/mol. The van der Waals surface area contributed by atoms with Crippen molar-refractivity contribution in [1.82, 2.24) is 40.1 Å². The maximum absolute atomic E-state index is 4.81. The summed E-state index contributed by atoms with van der Waals surface area (Å²) in [6.07, 6.45) is 12.2. The maximum atomic E-state index is 4.81. The van der Waals surface area contributed by atoms with Gasteiger partial charge in [0.1, 0.15) is 17.5 Å². The fraction of sp³-hybridized carbons (Fsp3) is 0. The van der Waals surface area contributed by atoms with Crippen LogP contribution in [0.1, 0.15) is 0 Å². The van der Waals surface area contributed by atoms with Crippen LogP contribution in [0, 0.1) is 0 Å². The molecule has 8 heteroatoms.